The summed E-state index contributed by atoms with van der Waals surface area (Å²) < 4.78 is 11.0. The van der Waals surface area contributed by atoms with Crippen LogP contribution in [0.15, 0.2) is 0 Å². The van der Waals surface area contributed by atoms with Gasteiger partial charge in [0.15, 0.2) is 0 Å². The van der Waals surface area contributed by atoms with E-state index in [0.717, 1.165) is 51.9 Å². The molecule has 0 spiro atoms. The van der Waals surface area contributed by atoms with Crippen LogP contribution in [0.2, 0.25) is 0 Å². The van der Waals surface area contributed by atoms with Crippen molar-refractivity contribution in [2.24, 2.45) is 5.73 Å². The average molecular weight is 201 g/mol. The second-order valence-corrected chi connectivity index (χ2v) is 3.96. The van der Waals surface area contributed by atoms with Crippen LogP contribution in [0.1, 0.15) is 39.0 Å². The molecule has 84 valence electrons. The summed E-state index contributed by atoms with van der Waals surface area (Å²) in [6, 6.07) is 0.415. The maximum absolute atomic E-state index is 5.82. The van der Waals surface area contributed by atoms with Crippen molar-refractivity contribution < 1.29 is 9.47 Å². The summed E-state index contributed by atoms with van der Waals surface area (Å²) in [7, 11) is 0. The molecule has 0 aliphatic heterocycles. The first kappa shape index (κ1) is 12.0. The summed E-state index contributed by atoms with van der Waals surface area (Å²) in [5, 5.41) is 0. The van der Waals surface area contributed by atoms with Gasteiger partial charge in [0.05, 0.1) is 6.10 Å². The minimum Gasteiger partial charge on any atom is -0.382 e. The van der Waals surface area contributed by atoms with E-state index in [0.29, 0.717) is 12.1 Å². The van der Waals surface area contributed by atoms with Gasteiger partial charge < -0.3 is 15.2 Å². The van der Waals surface area contributed by atoms with Crippen molar-refractivity contribution in [3.8, 4) is 0 Å². The van der Waals surface area contributed by atoms with Gasteiger partial charge in [0.25, 0.3) is 0 Å². The van der Waals surface area contributed by atoms with Crippen molar-refractivity contribution in [2.45, 2.75) is 51.2 Å². The first-order chi connectivity index (χ1) is 6.83. The molecule has 0 unspecified atom stereocenters. The van der Waals surface area contributed by atoms with E-state index in [-0.39, 0.29) is 0 Å². The summed E-state index contributed by atoms with van der Waals surface area (Å²) in [6.07, 6.45) is 5.98. The Morgan fingerprint density at radius 3 is 2.50 bits per heavy atom. The zero-order chi connectivity index (χ0) is 10.2. The summed E-state index contributed by atoms with van der Waals surface area (Å²) >= 11 is 0. The highest BCUT2D eigenvalue weighted by molar-refractivity contribution is 4.74. The van der Waals surface area contributed by atoms with Crippen molar-refractivity contribution in [3.63, 3.8) is 0 Å². The SMILES string of the molecule is CCOCCCOC1CCC(N)CC1. The quantitative estimate of drug-likeness (QED) is 0.665. The summed E-state index contributed by atoms with van der Waals surface area (Å²) in [6.45, 7) is 4.48. The van der Waals surface area contributed by atoms with Gasteiger partial charge in [-0.1, -0.05) is 0 Å². The van der Waals surface area contributed by atoms with Crippen LogP contribution in [0, 0.1) is 0 Å². The predicted molar refractivity (Wildman–Crippen MR) is 57.3 cm³/mol. The predicted octanol–water partition coefficient (Wildman–Crippen LogP) is 1.70. The third-order valence-electron chi connectivity index (χ3n) is 2.71. The molecule has 1 aliphatic carbocycles. The lowest BCUT2D eigenvalue weighted by molar-refractivity contribution is 0.0124. The molecular formula is C11H23NO2. The minimum absolute atomic E-state index is 0.415. The lowest BCUT2D eigenvalue weighted by Gasteiger charge is -2.26. The van der Waals surface area contributed by atoms with E-state index in [1.165, 1.54) is 0 Å². The smallest absolute Gasteiger partial charge is 0.0576 e. The normalized spacial score (nSPS) is 27.9. The molecule has 1 fully saturated rings. The molecule has 1 aliphatic rings. The zero-order valence-electron chi connectivity index (χ0n) is 9.21. The Kier molecular flexibility index (Phi) is 6.15. The monoisotopic (exact) mass is 201 g/mol. The number of nitrogens with two attached hydrogens (primary N) is 1. The fraction of sp³-hybridized carbons (Fsp3) is 1.00. The van der Waals surface area contributed by atoms with Crippen LogP contribution in [0.5, 0.6) is 0 Å². The van der Waals surface area contributed by atoms with E-state index >= 15 is 0 Å². The molecule has 0 amide bonds. The molecule has 1 saturated carbocycles. The molecule has 3 nitrogen and oxygen atoms in total. The van der Waals surface area contributed by atoms with Crippen LogP contribution in [-0.2, 0) is 9.47 Å². The van der Waals surface area contributed by atoms with Crippen LogP contribution in [0.25, 0.3) is 0 Å². The molecule has 0 bridgehead atoms. The Hall–Kier alpha value is -0.120. The van der Waals surface area contributed by atoms with Crippen molar-refractivity contribution in [2.75, 3.05) is 19.8 Å². The maximum Gasteiger partial charge on any atom is 0.0576 e. The Morgan fingerprint density at radius 1 is 1.14 bits per heavy atom. The minimum atomic E-state index is 0.415. The Labute approximate surface area is 86.9 Å². The van der Waals surface area contributed by atoms with Crippen LogP contribution in [0.3, 0.4) is 0 Å². The fourth-order valence-corrected chi connectivity index (χ4v) is 1.81. The molecule has 3 heteroatoms. The number of ether oxygens (including phenoxy) is 2. The molecule has 1 rings (SSSR count). The van der Waals surface area contributed by atoms with Gasteiger partial charge in [0.2, 0.25) is 0 Å². The molecule has 0 aromatic rings. The highest BCUT2D eigenvalue weighted by atomic mass is 16.5. The highest BCUT2D eigenvalue weighted by Crippen LogP contribution is 2.19. The maximum atomic E-state index is 5.82. The van der Waals surface area contributed by atoms with E-state index in [2.05, 4.69) is 0 Å². The standard InChI is InChI=1S/C11H23NO2/c1-2-13-8-3-9-14-11-6-4-10(12)5-7-11/h10-11H,2-9,12H2,1H3. The van der Waals surface area contributed by atoms with Crippen molar-refractivity contribution >= 4 is 0 Å². The second kappa shape index (κ2) is 7.21. The average Bonchev–Trinajstić information content (AvgIpc) is 2.21. The lowest BCUT2D eigenvalue weighted by Crippen LogP contribution is -2.30. The van der Waals surface area contributed by atoms with Gasteiger partial charge in [-0.25, -0.2) is 0 Å². The van der Waals surface area contributed by atoms with Gasteiger partial charge in [0, 0.05) is 25.9 Å². The van der Waals surface area contributed by atoms with E-state index in [1.807, 2.05) is 6.92 Å². The van der Waals surface area contributed by atoms with E-state index in [1.54, 1.807) is 0 Å². The molecule has 0 saturated heterocycles. The van der Waals surface area contributed by atoms with Crippen molar-refractivity contribution in [1.82, 2.24) is 0 Å². The van der Waals surface area contributed by atoms with Gasteiger partial charge in [-0.3, -0.25) is 0 Å². The van der Waals surface area contributed by atoms with Gasteiger partial charge in [-0.05, 0) is 39.0 Å². The Bertz CT molecular complexity index is 133. The molecule has 0 heterocycles. The topological polar surface area (TPSA) is 44.5 Å². The second-order valence-electron chi connectivity index (χ2n) is 3.96. The van der Waals surface area contributed by atoms with Crippen LogP contribution < -0.4 is 5.73 Å². The highest BCUT2D eigenvalue weighted by Gasteiger charge is 2.18. The largest absolute Gasteiger partial charge is 0.382 e. The summed E-state index contributed by atoms with van der Waals surface area (Å²) in [4.78, 5) is 0. The molecule has 14 heavy (non-hydrogen) atoms. The third-order valence-corrected chi connectivity index (χ3v) is 2.71. The summed E-state index contributed by atoms with van der Waals surface area (Å²) in [5.74, 6) is 0. The number of rotatable bonds is 6. The molecule has 0 aromatic carbocycles. The summed E-state index contributed by atoms with van der Waals surface area (Å²) in [5.41, 5.74) is 5.82. The van der Waals surface area contributed by atoms with E-state index in [4.69, 9.17) is 15.2 Å². The van der Waals surface area contributed by atoms with Gasteiger partial charge >= 0.3 is 0 Å². The molecule has 0 atom stereocenters. The van der Waals surface area contributed by atoms with Crippen LogP contribution in [0.4, 0.5) is 0 Å². The Balaban J connectivity index is 1.91. The fourth-order valence-electron chi connectivity index (χ4n) is 1.81. The number of hydrogen-bond donors (Lipinski definition) is 1. The van der Waals surface area contributed by atoms with E-state index in [9.17, 15) is 0 Å². The van der Waals surface area contributed by atoms with Gasteiger partial charge in [-0.15, -0.1) is 0 Å². The first-order valence-electron chi connectivity index (χ1n) is 5.78. The van der Waals surface area contributed by atoms with Crippen LogP contribution in [-0.4, -0.2) is 32.0 Å². The Morgan fingerprint density at radius 2 is 1.86 bits per heavy atom. The zero-order valence-corrected chi connectivity index (χ0v) is 9.21. The lowest BCUT2D eigenvalue weighted by atomic mass is 9.94. The van der Waals surface area contributed by atoms with Crippen molar-refractivity contribution in [3.05, 3.63) is 0 Å². The first-order valence-corrected chi connectivity index (χ1v) is 5.78. The molecule has 0 radical (unpaired) electrons. The molecule has 2 N–H and O–H groups in total. The van der Waals surface area contributed by atoms with Gasteiger partial charge in [0.1, 0.15) is 0 Å². The number of hydrogen-bond acceptors (Lipinski definition) is 3. The van der Waals surface area contributed by atoms with Crippen molar-refractivity contribution in [1.29, 1.82) is 0 Å². The third kappa shape index (κ3) is 4.94. The van der Waals surface area contributed by atoms with E-state index < -0.39 is 0 Å². The molecule has 0 aromatic heterocycles. The van der Waals surface area contributed by atoms with Crippen LogP contribution >= 0.6 is 0 Å². The van der Waals surface area contributed by atoms with Gasteiger partial charge in [-0.2, -0.15) is 0 Å². The molecular weight excluding hydrogens is 178 g/mol.